The lowest BCUT2D eigenvalue weighted by atomic mass is 10.1. The molecule has 0 spiro atoms. The molecule has 0 heterocycles. The highest BCUT2D eigenvalue weighted by Gasteiger charge is 2.29. The van der Waals surface area contributed by atoms with E-state index in [0.717, 1.165) is 18.4 Å². The van der Waals surface area contributed by atoms with Crippen molar-refractivity contribution in [3.8, 4) is 5.75 Å². The first-order chi connectivity index (χ1) is 13.5. The third kappa shape index (κ3) is 5.57. The van der Waals surface area contributed by atoms with E-state index in [1.807, 2.05) is 6.07 Å². The molecule has 1 aliphatic rings. The van der Waals surface area contributed by atoms with Crippen LogP contribution in [0.3, 0.4) is 0 Å². The molecule has 0 aliphatic heterocycles. The number of carbonyl (C=O) groups is 3. The van der Waals surface area contributed by atoms with Crippen molar-refractivity contribution in [2.24, 2.45) is 5.92 Å². The number of hydrogen-bond donors (Lipinski definition) is 3. The first-order valence-electron chi connectivity index (χ1n) is 9.17. The predicted molar refractivity (Wildman–Crippen MR) is 106 cm³/mol. The van der Waals surface area contributed by atoms with Crippen molar-refractivity contribution >= 4 is 29.1 Å². The standard InChI is InChI=1S/C21H23N3O4/c1-22-19(25)11-15-5-2-3-8-18(15)24-20(26)13-28-17-7-4-6-16(12-17)23-21(27)14-9-10-14/h2-8,12,14H,9-11,13H2,1H3,(H,22,25)(H,23,27)(H,24,26). The van der Waals surface area contributed by atoms with Crippen molar-refractivity contribution in [1.82, 2.24) is 5.32 Å². The minimum absolute atomic E-state index is 0.0163. The van der Waals surface area contributed by atoms with Gasteiger partial charge in [0.2, 0.25) is 11.8 Å². The molecule has 1 fully saturated rings. The Morgan fingerprint density at radius 2 is 1.79 bits per heavy atom. The van der Waals surface area contributed by atoms with Crippen molar-refractivity contribution in [3.05, 3.63) is 54.1 Å². The second-order valence-corrected chi connectivity index (χ2v) is 6.64. The Bertz CT molecular complexity index is 877. The number of ether oxygens (including phenoxy) is 1. The average Bonchev–Trinajstić information content (AvgIpc) is 3.53. The molecule has 7 nitrogen and oxygen atoms in total. The molecule has 146 valence electrons. The minimum atomic E-state index is -0.336. The van der Waals surface area contributed by atoms with Gasteiger partial charge in [-0.25, -0.2) is 0 Å². The Labute approximate surface area is 163 Å². The van der Waals surface area contributed by atoms with Crippen LogP contribution in [-0.4, -0.2) is 31.4 Å². The van der Waals surface area contributed by atoms with Gasteiger partial charge in [0.15, 0.2) is 6.61 Å². The molecule has 0 unspecified atom stereocenters. The zero-order valence-electron chi connectivity index (χ0n) is 15.7. The molecule has 7 heteroatoms. The van der Waals surface area contributed by atoms with E-state index in [1.165, 1.54) is 0 Å². The highest BCUT2D eigenvalue weighted by Crippen LogP contribution is 2.30. The van der Waals surface area contributed by atoms with Gasteiger partial charge in [-0.15, -0.1) is 0 Å². The Balaban J connectivity index is 1.54. The number of hydrogen-bond acceptors (Lipinski definition) is 4. The van der Waals surface area contributed by atoms with Crippen LogP contribution in [-0.2, 0) is 20.8 Å². The number of likely N-dealkylation sites (N-methyl/N-ethyl adjacent to an activating group) is 1. The number of rotatable bonds is 8. The van der Waals surface area contributed by atoms with Crippen LogP contribution in [0.4, 0.5) is 11.4 Å². The SMILES string of the molecule is CNC(=O)Cc1ccccc1NC(=O)COc1cccc(NC(=O)C2CC2)c1. The van der Waals surface area contributed by atoms with Gasteiger partial charge in [-0.1, -0.05) is 24.3 Å². The summed E-state index contributed by atoms with van der Waals surface area (Å²) in [6, 6.07) is 14.1. The summed E-state index contributed by atoms with van der Waals surface area (Å²) in [5.74, 6) is 0.148. The molecular formula is C21H23N3O4. The fraction of sp³-hybridized carbons (Fsp3) is 0.286. The maximum Gasteiger partial charge on any atom is 0.262 e. The molecule has 2 aromatic rings. The quantitative estimate of drug-likeness (QED) is 0.654. The highest BCUT2D eigenvalue weighted by molar-refractivity contribution is 5.94. The molecule has 1 aliphatic carbocycles. The van der Waals surface area contributed by atoms with Gasteiger partial charge in [0.1, 0.15) is 5.75 Å². The second kappa shape index (κ2) is 9.03. The first-order valence-corrected chi connectivity index (χ1v) is 9.17. The van der Waals surface area contributed by atoms with E-state index in [-0.39, 0.29) is 36.7 Å². The summed E-state index contributed by atoms with van der Waals surface area (Å²) in [5.41, 5.74) is 1.94. The lowest BCUT2D eigenvalue weighted by molar-refractivity contribution is -0.120. The molecule has 2 aromatic carbocycles. The Morgan fingerprint density at radius 3 is 2.54 bits per heavy atom. The lowest BCUT2D eigenvalue weighted by Gasteiger charge is -2.12. The average molecular weight is 381 g/mol. The number of nitrogens with one attached hydrogen (secondary N) is 3. The summed E-state index contributed by atoms with van der Waals surface area (Å²) in [6.45, 7) is -0.186. The van der Waals surface area contributed by atoms with Crippen molar-refractivity contribution in [3.63, 3.8) is 0 Å². The maximum atomic E-state index is 12.2. The van der Waals surface area contributed by atoms with Crippen LogP contribution in [0.1, 0.15) is 18.4 Å². The number of anilines is 2. The fourth-order valence-electron chi connectivity index (χ4n) is 2.65. The summed E-state index contributed by atoms with van der Waals surface area (Å²) in [6.07, 6.45) is 2.05. The van der Waals surface area contributed by atoms with Crippen LogP contribution < -0.4 is 20.7 Å². The largest absolute Gasteiger partial charge is 0.484 e. The van der Waals surface area contributed by atoms with Gasteiger partial charge in [0.25, 0.3) is 5.91 Å². The van der Waals surface area contributed by atoms with Gasteiger partial charge in [-0.05, 0) is 36.6 Å². The summed E-state index contributed by atoms with van der Waals surface area (Å²) >= 11 is 0. The van der Waals surface area contributed by atoms with Gasteiger partial charge in [-0.2, -0.15) is 0 Å². The van der Waals surface area contributed by atoms with E-state index in [2.05, 4.69) is 16.0 Å². The third-order valence-electron chi connectivity index (χ3n) is 4.34. The van der Waals surface area contributed by atoms with Gasteiger partial charge in [0, 0.05) is 30.4 Å². The molecule has 3 amide bonds. The lowest BCUT2D eigenvalue weighted by Crippen LogP contribution is -2.23. The minimum Gasteiger partial charge on any atom is -0.484 e. The fourth-order valence-corrected chi connectivity index (χ4v) is 2.65. The van der Waals surface area contributed by atoms with Crippen LogP contribution in [0, 0.1) is 5.92 Å². The Hall–Kier alpha value is -3.35. The van der Waals surface area contributed by atoms with E-state index in [4.69, 9.17) is 4.74 Å². The number of amides is 3. The zero-order valence-corrected chi connectivity index (χ0v) is 15.7. The molecule has 1 saturated carbocycles. The zero-order chi connectivity index (χ0) is 19.9. The van der Waals surface area contributed by atoms with Crippen LogP contribution in [0.25, 0.3) is 0 Å². The smallest absolute Gasteiger partial charge is 0.262 e. The third-order valence-corrected chi connectivity index (χ3v) is 4.34. The second-order valence-electron chi connectivity index (χ2n) is 6.64. The molecule has 0 atom stereocenters. The van der Waals surface area contributed by atoms with Crippen LogP contribution >= 0.6 is 0 Å². The van der Waals surface area contributed by atoms with Crippen molar-refractivity contribution in [1.29, 1.82) is 0 Å². The van der Waals surface area contributed by atoms with Gasteiger partial charge in [-0.3, -0.25) is 14.4 Å². The normalized spacial score (nSPS) is 12.8. The summed E-state index contributed by atoms with van der Waals surface area (Å²) in [4.78, 5) is 35.7. The number of carbonyl (C=O) groups excluding carboxylic acids is 3. The number of para-hydroxylation sites is 1. The van der Waals surface area contributed by atoms with E-state index in [1.54, 1.807) is 49.5 Å². The summed E-state index contributed by atoms with van der Waals surface area (Å²) < 4.78 is 5.54. The summed E-state index contributed by atoms with van der Waals surface area (Å²) in [7, 11) is 1.57. The molecule has 0 bridgehead atoms. The molecular weight excluding hydrogens is 358 g/mol. The van der Waals surface area contributed by atoms with Gasteiger partial charge in [0.05, 0.1) is 6.42 Å². The summed E-state index contributed by atoms with van der Waals surface area (Å²) in [5, 5.41) is 8.18. The van der Waals surface area contributed by atoms with Gasteiger partial charge >= 0.3 is 0 Å². The van der Waals surface area contributed by atoms with Gasteiger partial charge < -0.3 is 20.7 Å². The van der Waals surface area contributed by atoms with E-state index >= 15 is 0 Å². The topological polar surface area (TPSA) is 96.5 Å². The number of benzene rings is 2. The Kier molecular flexibility index (Phi) is 6.26. The maximum absolute atomic E-state index is 12.2. The Morgan fingerprint density at radius 1 is 1.00 bits per heavy atom. The monoisotopic (exact) mass is 381 g/mol. The van der Waals surface area contributed by atoms with Crippen LogP contribution in [0.2, 0.25) is 0 Å². The highest BCUT2D eigenvalue weighted by atomic mass is 16.5. The van der Waals surface area contributed by atoms with Crippen LogP contribution in [0.15, 0.2) is 48.5 Å². The van der Waals surface area contributed by atoms with E-state index in [0.29, 0.717) is 17.1 Å². The molecule has 0 aromatic heterocycles. The molecule has 0 radical (unpaired) electrons. The van der Waals surface area contributed by atoms with Crippen LogP contribution in [0.5, 0.6) is 5.75 Å². The molecule has 3 N–H and O–H groups in total. The van der Waals surface area contributed by atoms with E-state index in [9.17, 15) is 14.4 Å². The van der Waals surface area contributed by atoms with Crippen molar-refractivity contribution in [2.45, 2.75) is 19.3 Å². The van der Waals surface area contributed by atoms with E-state index < -0.39 is 0 Å². The van der Waals surface area contributed by atoms with Crippen molar-refractivity contribution in [2.75, 3.05) is 24.3 Å². The predicted octanol–water partition coefficient (Wildman–Crippen LogP) is 2.34. The molecule has 0 saturated heterocycles. The molecule has 28 heavy (non-hydrogen) atoms. The first kappa shape index (κ1) is 19.4. The molecule has 3 rings (SSSR count). The van der Waals surface area contributed by atoms with Crippen molar-refractivity contribution < 1.29 is 19.1 Å².